The van der Waals surface area contributed by atoms with Gasteiger partial charge in [-0.05, 0) is 20.8 Å². The molecular formula is C17H21ClFN3O3. The molecule has 1 fully saturated rings. The molecule has 3 rings (SSSR count). The number of alkyl halides is 1. The van der Waals surface area contributed by atoms with Gasteiger partial charge in [-0.3, -0.25) is 0 Å². The molecule has 0 saturated carbocycles. The Bertz CT molecular complexity index is 779. The summed E-state index contributed by atoms with van der Waals surface area (Å²) in [5.41, 5.74) is 0.858. The van der Waals surface area contributed by atoms with Crippen LogP contribution in [-0.2, 0) is 10.6 Å². The van der Waals surface area contributed by atoms with Crippen molar-refractivity contribution in [2.24, 2.45) is 0 Å². The summed E-state index contributed by atoms with van der Waals surface area (Å²) in [5.74, 6) is 0.135. The SMILES string of the molecule is CC(C)(C)OC(=O)N1CCN(c2cc3oc(CCl)nc3cc2F)CC1. The number of fused-ring (bicyclic) bond motifs is 1. The monoisotopic (exact) mass is 369 g/mol. The van der Waals surface area contributed by atoms with Crippen molar-refractivity contribution in [1.29, 1.82) is 0 Å². The van der Waals surface area contributed by atoms with Gasteiger partial charge in [0, 0.05) is 38.3 Å². The van der Waals surface area contributed by atoms with Crippen LogP contribution in [-0.4, -0.2) is 47.8 Å². The predicted octanol–water partition coefficient (Wildman–Crippen LogP) is 3.76. The van der Waals surface area contributed by atoms with Gasteiger partial charge in [-0.2, -0.15) is 0 Å². The smallest absolute Gasteiger partial charge is 0.410 e. The highest BCUT2D eigenvalue weighted by atomic mass is 35.5. The molecule has 0 atom stereocenters. The van der Waals surface area contributed by atoms with E-state index in [0.29, 0.717) is 48.9 Å². The van der Waals surface area contributed by atoms with E-state index in [2.05, 4.69) is 4.98 Å². The molecule has 0 radical (unpaired) electrons. The first-order chi connectivity index (χ1) is 11.8. The summed E-state index contributed by atoms with van der Waals surface area (Å²) in [6.45, 7) is 7.45. The Morgan fingerprint density at radius 2 is 2.00 bits per heavy atom. The highest BCUT2D eigenvalue weighted by Gasteiger charge is 2.27. The number of halogens is 2. The van der Waals surface area contributed by atoms with Crippen LogP contribution in [0.15, 0.2) is 16.5 Å². The minimum Gasteiger partial charge on any atom is -0.444 e. The Morgan fingerprint density at radius 1 is 1.32 bits per heavy atom. The van der Waals surface area contributed by atoms with Gasteiger partial charge in [-0.25, -0.2) is 14.2 Å². The van der Waals surface area contributed by atoms with Crippen LogP contribution in [0.25, 0.3) is 11.1 Å². The molecule has 25 heavy (non-hydrogen) atoms. The van der Waals surface area contributed by atoms with Crippen LogP contribution >= 0.6 is 11.6 Å². The number of ether oxygens (including phenoxy) is 1. The molecule has 0 spiro atoms. The Morgan fingerprint density at radius 3 is 2.60 bits per heavy atom. The second-order valence-electron chi connectivity index (χ2n) is 6.97. The molecule has 0 unspecified atom stereocenters. The maximum atomic E-state index is 14.4. The summed E-state index contributed by atoms with van der Waals surface area (Å²) in [6, 6.07) is 2.99. The van der Waals surface area contributed by atoms with Crippen LogP contribution in [0.3, 0.4) is 0 Å². The average molecular weight is 370 g/mol. The second kappa shape index (κ2) is 6.71. The van der Waals surface area contributed by atoms with Crippen molar-refractivity contribution in [3.63, 3.8) is 0 Å². The van der Waals surface area contributed by atoms with Crippen LogP contribution in [0.2, 0.25) is 0 Å². The minimum absolute atomic E-state index is 0.139. The van der Waals surface area contributed by atoms with Gasteiger partial charge in [0.25, 0.3) is 0 Å². The molecule has 0 bridgehead atoms. The number of hydrogen-bond donors (Lipinski definition) is 0. The van der Waals surface area contributed by atoms with Gasteiger partial charge in [-0.1, -0.05) is 0 Å². The minimum atomic E-state index is -0.530. The van der Waals surface area contributed by atoms with E-state index in [1.54, 1.807) is 11.0 Å². The van der Waals surface area contributed by atoms with Gasteiger partial charge < -0.3 is 19.0 Å². The van der Waals surface area contributed by atoms with Crippen molar-refractivity contribution in [2.75, 3.05) is 31.1 Å². The zero-order valence-corrected chi connectivity index (χ0v) is 15.3. The number of rotatable bonds is 2. The number of hydrogen-bond acceptors (Lipinski definition) is 5. The third-order valence-electron chi connectivity index (χ3n) is 3.89. The third kappa shape index (κ3) is 3.98. The van der Waals surface area contributed by atoms with Gasteiger partial charge in [0.1, 0.15) is 16.9 Å². The summed E-state index contributed by atoms with van der Waals surface area (Å²) in [5, 5.41) is 0. The Balaban J connectivity index is 1.71. The maximum absolute atomic E-state index is 14.4. The normalized spacial score (nSPS) is 15.7. The van der Waals surface area contributed by atoms with E-state index in [9.17, 15) is 9.18 Å². The van der Waals surface area contributed by atoms with E-state index in [1.165, 1.54) is 6.07 Å². The van der Waals surface area contributed by atoms with Gasteiger partial charge >= 0.3 is 6.09 Å². The maximum Gasteiger partial charge on any atom is 0.410 e. The number of oxazole rings is 1. The summed E-state index contributed by atoms with van der Waals surface area (Å²) >= 11 is 5.71. The van der Waals surface area contributed by atoms with Crippen molar-refractivity contribution >= 4 is 34.5 Å². The predicted molar refractivity (Wildman–Crippen MR) is 93.5 cm³/mol. The lowest BCUT2D eigenvalue weighted by atomic mass is 10.2. The Kier molecular flexibility index (Phi) is 4.77. The molecule has 0 N–H and O–H groups in total. The molecule has 1 aromatic carbocycles. The fourth-order valence-corrected chi connectivity index (χ4v) is 2.86. The average Bonchev–Trinajstić information content (AvgIpc) is 2.94. The van der Waals surface area contributed by atoms with Gasteiger partial charge in [-0.15, -0.1) is 11.6 Å². The largest absolute Gasteiger partial charge is 0.444 e. The fraction of sp³-hybridized carbons (Fsp3) is 0.529. The summed E-state index contributed by atoms with van der Waals surface area (Å²) in [6.07, 6.45) is -0.343. The molecule has 136 valence electrons. The Hall–Kier alpha value is -2.02. The summed E-state index contributed by atoms with van der Waals surface area (Å²) in [4.78, 5) is 19.8. The molecule has 1 aliphatic heterocycles. The number of aromatic nitrogens is 1. The molecular weight excluding hydrogens is 349 g/mol. The molecule has 1 aliphatic rings. The molecule has 2 aromatic rings. The fourth-order valence-electron chi connectivity index (χ4n) is 2.74. The lowest BCUT2D eigenvalue weighted by Gasteiger charge is -2.36. The lowest BCUT2D eigenvalue weighted by Crippen LogP contribution is -2.50. The molecule has 2 heterocycles. The van der Waals surface area contributed by atoms with Crippen LogP contribution in [0.5, 0.6) is 0 Å². The van der Waals surface area contributed by atoms with E-state index in [4.69, 9.17) is 20.8 Å². The first-order valence-electron chi connectivity index (χ1n) is 8.14. The van der Waals surface area contributed by atoms with E-state index in [1.807, 2.05) is 25.7 Å². The number of benzene rings is 1. The van der Waals surface area contributed by atoms with E-state index in [-0.39, 0.29) is 17.8 Å². The van der Waals surface area contributed by atoms with Crippen LogP contribution in [0, 0.1) is 5.82 Å². The second-order valence-corrected chi connectivity index (χ2v) is 7.23. The van der Waals surface area contributed by atoms with Gasteiger partial charge in [0.2, 0.25) is 5.89 Å². The molecule has 6 nitrogen and oxygen atoms in total. The first kappa shape index (κ1) is 17.8. The van der Waals surface area contributed by atoms with E-state index >= 15 is 0 Å². The lowest BCUT2D eigenvalue weighted by molar-refractivity contribution is 0.0240. The van der Waals surface area contributed by atoms with Gasteiger partial charge in [0.15, 0.2) is 5.58 Å². The zero-order valence-electron chi connectivity index (χ0n) is 14.5. The first-order valence-corrected chi connectivity index (χ1v) is 8.68. The van der Waals surface area contributed by atoms with Crippen molar-refractivity contribution < 1.29 is 18.3 Å². The van der Waals surface area contributed by atoms with Crippen LogP contribution < -0.4 is 4.90 Å². The summed E-state index contributed by atoms with van der Waals surface area (Å²) in [7, 11) is 0. The molecule has 1 aromatic heterocycles. The van der Waals surface area contributed by atoms with Crippen LogP contribution in [0.4, 0.5) is 14.9 Å². The van der Waals surface area contributed by atoms with Crippen molar-refractivity contribution in [3.8, 4) is 0 Å². The topological polar surface area (TPSA) is 58.8 Å². The number of carbonyl (C=O) groups is 1. The quantitative estimate of drug-likeness (QED) is 0.754. The van der Waals surface area contributed by atoms with Crippen molar-refractivity contribution in [1.82, 2.24) is 9.88 Å². The number of anilines is 1. The van der Waals surface area contributed by atoms with Gasteiger partial charge in [0.05, 0.1) is 11.6 Å². The molecule has 8 heteroatoms. The summed E-state index contributed by atoms with van der Waals surface area (Å²) < 4.78 is 25.3. The Labute approximate surface area is 150 Å². The number of carbonyl (C=O) groups excluding carboxylic acids is 1. The number of piperazine rings is 1. The highest BCUT2D eigenvalue weighted by Crippen LogP contribution is 2.28. The highest BCUT2D eigenvalue weighted by molar-refractivity contribution is 6.16. The number of amides is 1. The number of nitrogens with zero attached hydrogens (tertiary/aromatic N) is 3. The molecule has 1 amide bonds. The standard InChI is InChI=1S/C17H21ClFN3O3/c1-17(2,3)25-16(23)22-6-4-21(5-7-22)13-9-14-12(8-11(13)19)20-15(10-18)24-14/h8-9H,4-7,10H2,1-3H3. The van der Waals surface area contributed by atoms with E-state index < -0.39 is 5.60 Å². The van der Waals surface area contributed by atoms with E-state index in [0.717, 1.165) is 0 Å². The van der Waals surface area contributed by atoms with Crippen molar-refractivity contribution in [3.05, 3.63) is 23.8 Å². The zero-order chi connectivity index (χ0) is 18.2. The van der Waals surface area contributed by atoms with Crippen molar-refractivity contribution in [2.45, 2.75) is 32.3 Å². The molecule has 1 saturated heterocycles. The van der Waals surface area contributed by atoms with Crippen LogP contribution in [0.1, 0.15) is 26.7 Å². The third-order valence-corrected chi connectivity index (χ3v) is 4.12. The molecule has 0 aliphatic carbocycles.